The molecule has 2 aliphatic rings. The molecule has 2 heterocycles. The summed E-state index contributed by atoms with van der Waals surface area (Å²) in [7, 11) is 0. The maximum absolute atomic E-state index is 12.9. The molecule has 3 rings (SSSR count). The largest absolute Gasteiger partial charge is 0.481 e. The van der Waals surface area contributed by atoms with E-state index in [0.29, 0.717) is 5.56 Å². The Hall–Kier alpha value is -3.56. The van der Waals surface area contributed by atoms with Gasteiger partial charge in [-0.1, -0.05) is 12.1 Å². The van der Waals surface area contributed by atoms with E-state index in [1.54, 1.807) is 12.1 Å². The number of carbonyl (C=O) groups is 6. The van der Waals surface area contributed by atoms with Gasteiger partial charge in [-0.25, -0.2) is 0 Å². The van der Waals surface area contributed by atoms with Crippen molar-refractivity contribution < 1.29 is 33.9 Å². The van der Waals surface area contributed by atoms with Gasteiger partial charge >= 0.3 is 5.97 Å². The van der Waals surface area contributed by atoms with Crippen LogP contribution in [-0.4, -0.2) is 51.6 Å². The van der Waals surface area contributed by atoms with Crippen LogP contribution in [0, 0.1) is 0 Å². The summed E-state index contributed by atoms with van der Waals surface area (Å²) in [6.07, 6.45) is -0.452. The first-order chi connectivity index (χ1) is 13.3. The zero-order valence-electron chi connectivity index (χ0n) is 14.7. The lowest BCUT2D eigenvalue weighted by molar-refractivity contribution is -0.139. The fourth-order valence-electron chi connectivity index (χ4n) is 3.23. The van der Waals surface area contributed by atoms with Gasteiger partial charge < -0.3 is 10.4 Å². The standard InChI is InChI=1S/C18H17N3O7/c22-12(6-7-14(24)25)19-8-9-2-1-3-10-15(9)18(28)21(17(10)27)11-4-5-13(23)20-16(11)26/h1-3,11H,4-8H2,(H,19,22)(H,24,25)(H,20,23,26). The van der Waals surface area contributed by atoms with Crippen molar-refractivity contribution in [1.82, 2.24) is 15.5 Å². The number of carboxylic acids is 1. The highest BCUT2D eigenvalue weighted by Gasteiger charge is 2.45. The van der Waals surface area contributed by atoms with Crippen molar-refractivity contribution in [3.05, 3.63) is 34.9 Å². The monoisotopic (exact) mass is 387 g/mol. The summed E-state index contributed by atoms with van der Waals surface area (Å²) in [4.78, 5) is 72.0. The first-order valence-corrected chi connectivity index (χ1v) is 8.61. The average Bonchev–Trinajstić information content (AvgIpc) is 2.90. The molecule has 146 valence electrons. The van der Waals surface area contributed by atoms with Gasteiger partial charge in [-0.05, 0) is 18.1 Å². The molecule has 0 saturated carbocycles. The van der Waals surface area contributed by atoms with E-state index in [0.717, 1.165) is 4.90 Å². The summed E-state index contributed by atoms with van der Waals surface area (Å²) in [6.45, 7) is -0.0656. The molecule has 1 aromatic carbocycles. The molecule has 2 aliphatic heterocycles. The fourth-order valence-corrected chi connectivity index (χ4v) is 3.23. The fraction of sp³-hybridized carbons (Fsp3) is 0.333. The molecule has 0 radical (unpaired) electrons. The number of hydrogen-bond donors (Lipinski definition) is 3. The lowest BCUT2D eigenvalue weighted by atomic mass is 10.0. The van der Waals surface area contributed by atoms with Gasteiger partial charge in [-0.2, -0.15) is 0 Å². The Bertz CT molecular complexity index is 908. The minimum Gasteiger partial charge on any atom is -0.481 e. The summed E-state index contributed by atoms with van der Waals surface area (Å²) in [5, 5.41) is 13.3. The van der Waals surface area contributed by atoms with E-state index in [4.69, 9.17) is 5.11 Å². The molecule has 1 aromatic rings. The number of benzene rings is 1. The van der Waals surface area contributed by atoms with Crippen molar-refractivity contribution in [3.8, 4) is 0 Å². The Morgan fingerprint density at radius 2 is 1.89 bits per heavy atom. The zero-order valence-corrected chi connectivity index (χ0v) is 14.7. The van der Waals surface area contributed by atoms with Crippen LogP contribution in [0.15, 0.2) is 18.2 Å². The predicted molar refractivity (Wildman–Crippen MR) is 91.8 cm³/mol. The molecule has 0 aliphatic carbocycles. The van der Waals surface area contributed by atoms with Crippen LogP contribution >= 0.6 is 0 Å². The number of aliphatic carboxylic acids is 1. The van der Waals surface area contributed by atoms with E-state index in [1.807, 2.05) is 0 Å². The van der Waals surface area contributed by atoms with Crippen molar-refractivity contribution in [2.24, 2.45) is 0 Å². The quantitative estimate of drug-likeness (QED) is 0.560. The van der Waals surface area contributed by atoms with Crippen LogP contribution in [0.4, 0.5) is 0 Å². The number of nitrogens with one attached hydrogen (secondary N) is 2. The first kappa shape index (κ1) is 19.2. The molecular weight excluding hydrogens is 370 g/mol. The maximum Gasteiger partial charge on any atom is 0.303 e. The molecule has 1 atom stereocenters. The number of nitrogens with zero attached hydrogens (tertiary/aromatic N) is 1. The summed E-state index contributed by atoms with van der Waals surface area (Å²) >= 11 is 0. The van der Waals surface area contributed by atoms with Crippen molar-refractivity contribution in [2.75, 3.05) is 0 Å². The van der Waals surface area contributed by atoms with Gasteiger partial charge in [0.1, 0.15) is 6.04 Å². The third-order valence-corrected chi connectivity index (χ3v) is 4.60. The van der Waals surface area contributed by atoms with Crippen LogP contribution < -0.4 is 10.6 Å². The van der Waals surface area contributed by atoms with E-state index in [1.165, 1.54) is 6.07 Å². The van der Waals surface area contributed by atoms with E-state index < -0.39 is 41.5 Å². The highest BCUT2D eigenvalue weighted by atomic mass is 16.4. The first-order valence-electron chi connectivity index (χ1n) is 8.61. The topological polar surface area (TPSA) is 150 Å². The predicted octanol–water partition coefficient (Wildman–Crippen LogP) is -0.431. The van der Waals surface area contributed by atoms with Gasteiger partial charge in [-0.15, -0.1) is 0 Å². The van der Waals surface area contributed by atoms with Gasteiger partial charge in [0.15, 0.2) is 0 Å². The van der Waals surface area contributed by atoms with Crippen molar-refractivity contribution in [3.63, 3.8) is 0 Å². The molecule has 0 bridgehead atoms. The van der Waals surface area contributed by atoms with Gasteiger partial charge in [0.2, 0.25) is 17.7 Å². The van der Waals surface area contributed by atoms with Crippen molar-refractivity contribution in [2.45, 2.75) is 38.3 Å². The van der Waals surface area contributed by atoms with Gasteiger partial charge in [0.25, 0.3) is 11.8 Å². The number of amides is 5. The van der Waals surface area contributed by atoms with E-state index >= 15 is 0 Å². The SMILES string of the molecule is O=C(O)CCC(=O)NCc1cccc2c1C(=O)N(C1CCC(=O)NC1=O)C2=O. The number of piperidine rings is 1. The van der Waals surface area contributed by atoms with Gasteiger partial charge in [0.05, 0.1) is 17.5 Å². The molecule has 10 heteroatoms. The van der Waals surface area contributed by atoms with Crippen LogP contribution in [0.3, 0.4) is 0 Å². The highest BCUT2D eigenvalue weighted by Crippen LogP contribution is 2.29. The van der Waals surface area contributed by atoms with E-state index in [-0.39, 0.29) is 43.4 Å². The summed E-state index contributed by atoms with van der Waals surface area (Å²) in [6, 6.07) is 3.51. The second kappa shape index (κ2) is 7.59. The molecule has 1 fully saturated rings. The number of hydrogen-bond acceptors (Lipinski definition) is 6. The number of carboxylic acid groups (broad SMARTS) is 1. The highest BCUT2D eigenvalue weighted by molar-refractivity contribution is 6.24. The summed E-state index contributed by atoms with van der Waals surface area (Å²) < 4.78 is 0. The van der Waals surface area contributed by atoms with Crippen molar-refractivity contribution >= 4 is 35.5 Å². The van der Waals surface area contributed by atoms with Crippen molar-refractivity contribution in [1.29, 1.82) is 0 Å². The van der Waals surface area contributed by atoms with Gasteiger partial charge in [-0.3, -0.25) is 39.0 Å². The summed E-state index contributed by atoms with van der Waals surface area (Å²) in [5.74, 6) is -4.05. The molecule has 3 N–H and O–H groups in total. The number of rotatable bonds is 6. The molecule has 1 saturated heterocycles. The van der Waals surface area contributed by atoms with E-state index in [9.17, 15) is 28.8 Å². The molecule has 28 heavy (non-hydrogen) atoms. The lowest BCUT2D eigenvalue weighted by Gasteiger charge is -2.27. The number of fused-ring (bicyclic) bond motifs is 1. The van der Waals surface area contributed by atoms with Crippen LogP contribution in [0.25, 0.3) is 0 Å². The van der Waals surface area contributed by atoms with Crippen LogP contribution in [0.1, 0.15) is 52.0 Å². The normalized spacial score (nSPS) is 18.7. The molecule has 10 nitrogen and oxygen atoms in total. The molecule has 0 spiro atoms. The molecule has 0 aromatic heterocycles. The molecule has 5 amide bonds. The smallest absolute Gasteiger partial charge is 0.303 e. The second-order valence-electron chi connectivity index (χ2n) is 6.46. The minimum atomic E-state index is -1.10. The Kier molecular flexibility index (Phi) is 5.21. The Balaban J connectivity index is 1.78. The number of imide groups is 2. The molecular formula is C18H17N3O7. The van der Waals surface area contributed by atoms with Crippen LogP contribution in [0.5, 0.6) is 0 Å². The number of carbonyl (C=O) groups excluding carboxylic acids is 5. The Labute approximate surface area is 158 Å². The third-order valence-electron chi connectivity index (χ3n) is 4.60. The van der Waals surface area contributed by atoms with E-state index in [2.05, 4.69) is 10.6 Å². The Morgan fingerprint density at radius 3 is 2.57 bits per heavy atom. The average molecular weight is 387 g/mol. The van der Waals surface area contributed by atoms with Crippen LogP contribution in [0.2, 0.25) is 0 Å². The maximum atomic E-state index is 12.9. The third kappa shape index (κ3) is 3.61. The second-order valence-corrected chi connectivity index (χ2v) is 6.46. The molecule has 1 unspecified atom stereocenters. The van der Waals surface area contributed by atoms with Crippen LogP contribution in [-0.2, 0) is 25.7 Å². The minimum absolute atomic E-state index is 0.0241. The summed E-state index contributed by atoms with van der Waals surface area (Å²) in [5.41, 5.74) is 0.594. The lowest BCUT2D eigenvalue weighted by Crippen LogP contribution is -2.54. The van der Waals surface area contributed by atoms with Gasteiger partial charge in [0, 0.05) is 19.4 Å². The Morgan fingerprint density at radius 1 is 1.14 bits per heavy atom. The zero-order chi connectivity index (χ0) is 20.4.